The molecule has 0 saturated heterocycles. The lowest BCUT2D eigenvalue weighted by Gasteiger charge is -2.26. The monoisotopic (exact) mass is 376 g/mol. The van der Waals surface area contributed by atoms with E-state index < -0.39 is 11.5 Å². The van der Waals surface area contributed by atoms with Crippen LogP contribution in [0.3, 0.4) is 0 Å². The number of nitriles is 1. The third-order valence-corrected chi connectivity index (χ3v) is 4.72. The van der Waals surface area contributed by atoms with Crippen molar-refractivity contribution in [3.63, 3.8) is 0 Å². The maximum Gasteiger partial charge on any atom is 0.344 e. The van der Waals surface area contributed by atoms with Gasteiger partial charge in [0.25, 0.3) is 0 Å². The Kier molecular flexibility index (Phi) is 4.17. The summed E-state index contributed by atoms with van der Waals surface area (Å²) in [6.45, 7) is 0. The molecule has 0 spiro atoms. The highest BCUT2D eigenvalue weighted by Crippen LogP contribution is 2.44. The normalized spacial score (nSPS) is 15.5. The van der Waals surface area contributed by atoms with E-state index in [9.17, 15) is 10.1 Å². The highest BCUT2D eigenvalue weighted by molar-refractivity contribution is 5.86. The number of nitrogens with two attached hydrogens (primary N) is 1. The average Bonchev–Trinajstić information content (AvgIpc) is 2.72. The Labute approximate surface area is 160 Å². The van der Waals surface area contributed by atoms with Crippen LogP contribution in [0.2, 0.25) is 0 Å². The molecule has 1 aromatic heterocycles. The lowest BCUT2D eigenvalue weighted by Crippen LogP contribution is -2.26. The van der Waals surface area contributed by atoms with Crippen molar-refractivity contribution in [3.8, 4) is 23.3 Å². The van der Waals surface area contributed by atoms with E-state index in [4.69, 9.17) is 24.4 Å². The fourth-order valence-electron chi connectivity index (χ4n) is 3.43. The number of para-hydroxylation sites is 1. The molecule has 0 radical (unpaired) electrons. The molecule has 0 unspecified atom stereocenters. The quantitative estimate of drug-likeness (QED) is 0.700. The van der Waals surface area contributed by atoms with Crippen LogP contribution in [0.5, 0.6) is 17.2 Å². The fraction of sp³-hybridized carbons (Fsp3) is 0.143. The van der Waals surface area contributed by atoms with Crippen LogP contribution < -0.4 is 25.6 Å². The van der Waals surface area contributed by atoms with Crippen molar-refractivity contribution in [3.05, 3.63) is 75.5 Å². The molecule has 4 rings (SSSR count). The number of allylic oxidation sites excluding steroid dienone is 1. The number of rotatable bonds is 3. The van der Waals surface area contributed by atoms with Gasteiger partial charge in [-0.05, 0) is 29.8 Å². The lowest BCUT2D eigenvalue weighted by atomic mass is 9.83. The molecule has 0 bridgehead atoms. The second kappa shape index (κ2) is 6.67. The first kappa shape index (κ1) is 17.5. The fourth-order valence-corrected chi connectivity index (χ4v) is 3.43. The minimum absolute atomic E-state index is 0.0504. The van der Waals surface area contributed by atoms with Crippen molar-refractivity contribution in [2.75, 3.05) is 14.2 Å². The molecule has 7 heteroatoms. The summed E-state index contributed by atoms with van der Waals surface area (Å²) in [5, 5.41) is 10.3. The van der Waals surface area contributed by atoms with E-state index in [0.717, 1.165) is 0 Å². The zero-order valence-electron chi connectivity index (χ0n) is 15.2. The largest absolute Gasteiger partial charge is 0.493 e. The van der Waals surface area contributed by atoms with Crippen molar-refractivity contribution in [1.29, 1.82) is 5.26 Å². The molecule has 7 nitrogen and oxygen atoms in total. The number of methoxy groups -OCH3 is 2. The first-order valence-electron chi connectivity index (χ1n) is 8.44. The smallest absolute Gasteiger partial charge is 0.344 e. The van der Waals surface area contributed by atoms with Crippen LogP contribution in [0.25, 0.3) is 11.0 Å². The molecular weight excluding hydrogens is 360 g/mol. The summed E-state index contributed by atoms with van der Waals surface area (Å²) in [6, 6.07) is 14.2. The van der Waals surface area contributed by atoms with Crippen LogP contribution in [0.1, 0.15) is 17.0 Å². The van der Waals surface area contributed by atoms with Crippen LogP contribution in [0.15, 0.2) is 63.1 Å². The molecule has 2 heterocycles. The van der Waals surface area contributed by atoms with Gasteiger partial charge >= 0.3 is 5.63 Å². The zero-order chi connectivity index (χ0) is 19.8. The molecule has 1 aliphatic heterocycles. The molecular formula is C21H16N2O5. The predicted molar refractivity (Wildman–Crippen MR) is 101 cm³/mol. The maximum atomic E-state index is 12.8. The summed E-state index contributed by atoms with van der Waals surface area (Å²) in [6.07, 6.45) is 0. The van der Waals surface area contributed by atoms with Gasteiger partial charge in [-0.25, -0.2) is 4.79 Å². The van der Waals surface area contributed by atoms with E-state index in [-0.39, 0.29) is 17.0 Å². The van der Waals surface area contributed by atoms with Gasteiger partial charge in [0.1, 0.15) is 17.2 Å². The number of hydrogen-bond donors (Lipinski definition) is 1. The van der Waals surface area contributed by atoms with Gasteiger partial charge in [-0.1, -0.05) is 18.2 Å². The molecule has 0 amide bonds. The Hall–Kier alpha value is -3.92. The standard InChI is InChI=1S/C21H16N2O5/c1-25-15-8-7-11(9-16(15)26-2)17-13(10-22)20(23)28-19-12-5-3-4-6-14(12)27-21(24)18(17)19/h3-9,17H,23H2,1-2H3/t17-/m1/s1. The number of nitrogens with zero attached hydrogens (tertiary/aromatic N) is 1. The van der Waals surface area contributed by atoms with E-state index >= 15 is 0 Å². The molecule has 0 saturated carbocycles. The summed E-state index contributed by atoms with van der Waals surface area (Å²) >= 11 is 0. The first-order valence-corrected chi connectivity index (χ1v) is 8.44. The van der Waals surface area contributed by atoms with Gasteiger partial charge in [-0.3, -0.25) is 0 Å². The summed E-state index contributed by atoms with van der Waals surface area (Å²) in [4.78, 5) is 12.8. The minimum Gasteiger partial charge on any atom is -0.493 e. The van der Waals surface area contributed by atoms with Crippen molar-refractivity contribution in [2.45, 2.75) is 5.92 Å². The summed E-state index contributed by atoms with van der Waals surface area (Å²) in [7, 11) is 3.04. The summed E-state index contributed by atoms with van der Waals surface area (Å²) < 4.78 is 21.8. The Morgan fingerprint density at radius 3 is 2.57 bits per heavy atom. The summed E-state index contributed by atoms with van der Waals surface area (Å²) in [5.41, 5.74) is 6.81. The van der Waals surface area contributed by atoms with Gasteiger partial charge in [0.15, 0.2) is 17.2 Å². The Balaban J connectivity index is 2.04. The van der Waals surface area contributed by atoms with Gasteiger partial charge in [-0.15, -0.1) is 0 Å². The highest BCUT2D eigenvalue weighted by atomic mass is 16.5. The van der Waals surface area contributed by atoms with Crippen molar-refractivity contribution in [1.82, 2.24) is 0 Å². The second-order valence-corrected chi connectivity index (χ2v) is 6.17. The van der Waals surface area contributed by atoms with Gasteiger partial charge in [0, 0.05) is 0 Å². The predicted octanol–water partition coefficient (Wildman–Crippen LogP) is 3.03. The van der Waals surface area contributed by atoms with E-state index in [1.165, 1.54) is 14.2 Å². The molecule has 2 N–H and O–H groups in total. The number of ether oxygens (including phenoxy) is 3. The summed E-state index contributed by atoms with van der Waals surface area (Å²) in [5.74, 6) is 0.483. The van der Waals surface area contributed by atoms with E-state index in [1.807, 2.05) is 0 Å². The number of fused-ring (bicyclic) bond motifs is 3. The van der Waals surface area contributed by atoms with Crippen LogP contribution >= 0.6 is 0 Å². The maximum absolute atomic E-state index is 12.8. The Morgan fingerprint density at radius 2 is 1.86 bits per heavy atom. The SMILES string of the molecule is COc1ccc([C@@H]2C(C#N)=C(N)Oc3c2c(=O)oc2ccccc32)cc1OC. The topological polar surface area (TPSA) is 108 Å². The Bertz CT molecular complexity index is 1220. The van der Waals surface area contributed by atoms with Crippen molar-refractivity contribution >= 4 is 11.0 Å². The van der Waals surface area contributed by atoms with E-state index in [1.54, 1.807) is 42.5 Å². The van der Waals surface area contributed by atoms with Gasteiger partial charge in [0.2, 0.25) is 5.88 Å². The Morgan fingerprint density at radius 1 is 1.11 bits per heavy atom. The van der Waals surface area contributed by atoms with Crippen LogP contribution in [-0.4, -0.2) is 14.2 Å². The number of benzene rings is 2. The van der Waals surface area contributed by atoms with Crippen LogP contribution in [0, 0.1) is 11.3 Å². The molecule has 1 aliphatic rings. The molecule has 0 fully saturated rings. The third kappa shape index (κ3) is 2.55. The number of hydrogen-bond acceptors (Lipinski definition) is 7. The third-order valence-electron chi connectivity index (χ3n) is 4.72. The van der Waals surface area contributed by atoms with Crippen LogP contribution in [-0.2, 0) is 0 Å². The van der Waals surface area contributed by atoms with Crippen molar-refractivity contribution in [2.24, 2.45) is 5.73 Å². The average molecular weight is 376 g/mol. The molecule has 3 aromatic rings. The van der Waals surface area contributed by atoms with Crippen LogP contribution in [0.4, 0.5) is 0 Å². The molecule has 1 atom stereocenters. The zero-order valence-corrected chi connectivity index (χ0v) is 15.2. The minimum atomic E-state index is -0.755. The first-order chi connectivity index (χ1) is 13.6. The molecule has 28 heavy (non-hydrogen) atoms. The highest BCUT2D eigenvalue weighted by Gasteiger charge is 2.35. The van der Waals surface area contributed by atoms with Crippen molar-refractivity contribution < 1.29 is 18.6 Å². The molecule has 0 aliphatic carbocycles. The van der Waals surface area contributed by atoms with Gasteiger partial charge in [-0.2, -0.15) is 5.26 Å². The molecule has 2 aromatic carbocycles. The molecule has 140 valence electrons. The van der Waals surface area contributed by atoms with E-state index in [2.05, 4.69) is 6.07 Å². The van der Waals surface area contributed by atoms with Gasteiger partial charge in [0.05, 0.1) is 31.1 Å². The van der Waals surface area contributed by atoms with Gasteiger partial charge < -0.3 is 24.4 Å². The lowest BCUT2D eigenvalue weighted by molar-refractivity contribution is 0.354. The van der Waals surface area contributed by atoms with E-state index in [0.29, 0.717) is 33.8 Å². The second-order valence-electron chi connectivity index (χ2n) is 6.17.